The molecule has 1 unspecified atom stereocenters. The zero-order valence-electron chi connectivity index (χ0n) is 16.3. The van der Waals surface area contributed by atoms with Crippen LogP contribution in [0.5, 0.6) is 0 Å². The fourth-order valence-corrected chi connectivity index (χ4v) is 3.60. The van der Waals surface area contributed by atoms with Gasteiger partial charge in [0.2, 0.25) is 5.91 Å². The van der Waals surface area contributed by atoms with Crippen LogP contribution in [0.1, 0.15) is 24.2 Å². The van der Waals surface area contributed by atoms with Crippen molar-refractivity contribution in [3.63, 3.8) is 0 Å². The lowest BCUT2D eigenvalue weighted by atomic mass is 10.1. The van der Waals surface area contributed by atoms with Crippen molar-refractivity contribution in [1.29, 1.82) is 0 Å². The minimum atomic E-state index is -0.410. The lowest BCUT2D eigenvalue weighted by molar-refractivity contribution is -0.115. The van der Waals surface area contributed by atoms with Crippen molar-refractivity contribution in [3.05, 3.63) is 72.8 Å². The zero-order valence-corrected chi connectivity index (χ0v) is 17.1. The molecule has 2 aromatic carbocycles. The Kier molecular flexibility index (Phi) is 6.61. The predicted octanol–water partition coefficient (Wildman–Crippen LogP) is 4.45. The molecule has 0 aliphatic carbocycles. The van der Waals surface area contributed by atoms with E-state index in [1.807, 2.05) is 41.8 Å². The highest BCUT2D eigenvalue weighted by atomic mass is 32.2. The molecule has 0 saturated heterocycles. The van der Waals surface area contributed by atoms with Gasteiger partial charge in [0.05, 0.1) is 5.25 Å². The number of hydrogen-bond acceptors (Lipinski definition) is 5. The summed E-state index contributed by atoms with van der Waals surface area (Å²) in [4.78, 5) is 24.2. The van der Waals surface area contributed by atoms with Gasteiger partial charge < -0.3 is 5.32 Å². The average Bonchev–Trinajstić information content (AvgIpc) is 3.11. The van der Waals surface area contributed by atoms with E-state index in [1.54, 1.807) is 30.3 Å². The number of aromatic nitrogens is 3. The molecule has 29 heavy (non-hydrogen) atoms. The normalized spacial score (nSPS) is 11.7. The monoisotopic (exact) mass is 406 g/mol. The molecule has 0 spiro atoms. The molecule has 6 nitrogen and oxygen atoms in total. The summed E-state index contributed by atoms with van der Waals surface area (Å²) in [5, 5.41) is 11.7. The molecule has 3 aromatic rings. The van der Waals surface area contributed by atoms with Crippen molar-refractivity contribution in [1.82, 2.24) is 14.8 Å². The molecular formula is C22H22N4O2S. The summed E-state index contributed by atoms with van der Waals surface area (Å²) in [5.74, 6) is 0.509. The number of amides is 1. The van der Waals surface area contributed by atoms with E-state index in [2.05, 4.69) is 22.1 Å². The van der Waals surface area contributed by atoms with E-state index in [-0.39, 0.29) is 11.7 Å². The third-order valence-corrected chi connectivity index (χ3v) is 5.33. The van der Waals surface area contributed by atoms with E-state index in [4.69, 9.17) is 0 Å². The summed E-state index contributed by atoms with van der Waals surface area (Å²) in [6, 6.07) is 16.7. The van der Waals surface area contributed by atoms with E-state index < -0.39 is 5.25 Å². The first-order valence-electron chi connectivity index (χ1n) is 9.17. The molecule has 0 aliphatic rings. The summed E-state index contributed by atoms with van der Waals surface area (Å²) < 4.78 is 1.94. The number of carbonyl (C=O) groups is 2. The van der Waals surface area contributed by atoms with Gasteiger partial charge in [-0.15, -0.1) is 16.8 Å². The van der Waals surface area contributed by atoms with Crippen molar-refractivity contribution < 1.29 is 9.59 Å². The molecule has 7 heteroatoms. The van der Waals surface area contributed by atoms with Gasteiger partial charge in [-0.3, -0.25) is 14.2 Å². The molecule has 3 rings (SSSR count). The number of carbonyl (C=O) groups excluding carboxylic acids is 2. The first kappa shape index (κ1) is 20.5. The third kappa shape index (κ3) is 5.00. The second-order valence-corrected chi connectivity index (χ2v) is 7.77. The van der Waals surface area contributed by atoms with Crippen molar-refractivity contribution in [2.75, 3.05) is 5.32 Å². The Bertz CT molecular complexity index is 1030. The summed E-state index contributed by atoms with van der Waals surface area (Å²) in [6.07, 6.45) is 1.78. The Hall–Kier alpha value is -3.19. The van der Waals surface area contributed by atoms with Crippen LogP contribution in [0.3, 0.4) is 0 Å². The van der Waals surface area contributed by atoms with Crippen LogP contribution < -0.4 is 5.32 Å². The maximum Gasteiger partial charge on any atom is 0.237 e. The second kappa shape index (κ2) is 9.34. The van der Waals surface area contributed by atoms with Gasteiger partial charge in [0, 0.05) is 23.4 Å². The Balaban J connectivity index is 1.76. The number of hydrogen-bond donors (Lipinski definition) is 1. The van der Waals surface area contributed by atoms with E-state index in [9.17, 15) is 9.59 Å². The maximum atomic E-state index is 12.6. The van der Waals surface area contributed by atoms with Gasteiger partial charge in [-0.1, -0.05) is 60.3 Å². The van der Waals surface area contributed by atoms with Gasteiger partial charge in [0.15, 0.2) is 16.8 Å². The molecule has 1 atom stereocenters. The molecule has 0 saturated carbocycles. The predicted molar refractivity (Wildman–Crippen MR) is 116 cm³/mol. The standard InChI is InChI=1S/C22H22N4O2S/c1-4-13-26-20(17-9-6-5-7-10-17)24-25-22(26)29-16(3)21(28)23-19-12-8-11-18(14-19)15(2)27/h4-12,14,16H,1,13H2,2-3H3,(H,23,28). The molecular weight excluding hydrogens is 384 g/mol. The smallest absolute Gasteiger partial charge is 0.237 e. The number of allylic oxidation sites excluding steroid dienone is 1. The van der Waals surface area contributed by atoms with Crippen LogP contribution in [0.25, 0.3) is 11.4 Å². The van der Waals surface area contributed by atoms with Gasteiger partial charge in [-0.25, -0.2) is 0 Å². The number of anilines is 1. The Morgan fingerprint density at radius 1 is 1.17 bits per heavy atom. The maximum absolute atomic E-state index is 12.6. The van der Waals surface area contributed by atoms with Crippen LogP contribution in [-0.2, 0) is 11.3 Å². The lowest BCUT2D eigenvalue weighted by Gasteiger charge is -2.13. The Morgan fingerprint density at radius 2 is 1.93 bits per heavy atom. The van der Waals surface area contributed by atoms with E-state index in [0.717, 1.165) is 11.4 Å². The number of rotatable bonds is 8. The molecule has 0 bridgehead atoms. The fraction of sp³-hybridized carbons (Fsp3) is 0.182. The summed E-state index contributed by atoms with van der Waals surface area (Å²) in [7, 11) is 0. The van der Waals surface area contributed by atoms with E-state index in [1.165, 1.54) is 18.7 Å². The van der Waals surface area contributed by atoms with Crippen LogP contribution in [0.4, 0.5) is 5.69 Å². The number of nitrogens with one attached hydrogen (secondary N) is 1. The van der Waals surface area contributed by atoms with Crippen LogP contribution in [-0.4, -0.2) is 31.7 Å². The second-order valence-electron chi connectivity index (χ2n) is 6.46. The highest BCUT2D eigenvalue weighted by Crippen LogP contribution is 2.27. The molecule has 0 radical (unpaired) electrons. The van der Waals surface area contributed by atoms with Gasteiger partial charge >= 0.3 is 0 Å². The number of benzene rings is 2. The first-order valence-corrected chi connectivity index (χ1v) is 10.1. The first-order chi connectivity index (χ1) is 14.0. The summed E-state index contributed by atoms with van der Waals surface area (Å²) in [5.41, 5.74) is 2.10. The van der Waals surface area contributed by atoms with Gasteiger partial charge in [-0.2, -0.15) is 0 Å². The van der Waals surface area contributed by atoms with Crippen LogP contribution >= 0.6 is 11.8 Å². The number of ketones is 1. The van der Waals surface area contributed by atoms with Crippen LogP contribution in [0.15, 0.2) is 72.4 Å². The third-order valence-electron chi connectivity index (χ3n) is 4.25. The largest absolute Gasteiger partial charge is 0.325 e. The fourth-order valence-electron chi connectivity index (χ4n) is 2.74. The minimum Gasteiger partial charge on any atom is -0.325 e. The van der Waals surface area contributed by atoms with Gasteiger partial charge in [-0.05, 0) is 26.0 Å². The summed E-state index contributed by atoms with van der Waals surface area (Å²) in [6.45, 7) is 7.65. The SMILES string of the molecule is C=CCn1c(SC(C)C(=O)Nc2cccc(C(C)=O)c2)nnc1-c1ccccc1. The van der Waals surface area contributed by atoms with Gasteiger partial charge in [0.25, 0.3) is 0 Å². The quantitative estimate of drug-likeness (QED) is 0.340. The van der Waals surface area contributed by atoms with Crippen molar-refractivity contribution in [2.24, 2.45) is 0 Å². The summed E-state index contributed by atoms with van der Waals surface area (Å²) >= 11 is 1.33. The average molecular weight is 407 g/mol. The molecule has 148 valence electrons. The highest BCUT2D eigenvalue weighted by molar-refractivity contribution is 8.00. The van der Waals surface area contributed by atoms with Gasteiger partial charge in [0.1, 0.15) is 0 Å². The Morgan fingerprint density at radius 3 is 2.62 bits per heavy atom. The van der Waals surface area contributed by atoms with Crippen LogP contribution in [0.2, 0.25) is 0 Å². The number of nitrogens with zero attached hydrogens (tertiary/aromatic N) is 3. The minimum absolute atomic E-state index is 0.0468. The zero-order chi connectivity index (χ0) is 20.8. The number of thioether (sulfide) groups is 1. The molecule has 1 heterocycles. The van der Waals surface area contributed by atoms with Crippen molar-refractivity contribution in [3.8, 4) is 11.4 Å². The molecule has 1 aromatic heterocycles. The van der Waals surface area contributed by atoms with Crippen molar-refractivity contribution >= 4 is 29.1 Å². The topological polar surface area (TPSA) is 76.9 Å². The molecule has 1 amide bonds. The molecule has 0 fully saturated rings. The molecule has 1 N–H and O–H groups in total. The van der Waals surface area contributed by atoms with Crippen molar-refractivity contribution in [2.45, 2.75) is 30.8 Å². The Labute approximate surface area is 174 Å². The van der Waals surface area contributed by atoms with E-state index in [0.29, 0.717) is 23.0 Å². The highest BCUT2D eigenvalue weighted by Gasteiger charge is 2.20. The van der Waals surface area contributed by atoms with Crippen LogP contribution in [0, 0.1) is 0 Å². The number of Topliss-reactive ketones (excluding diaryl/α,β-unsaturated/α-hetero) is 1. The van der Waals surface area contributed by atoms with E-state index >= 15 is 0 Å². The lowest BCUT2D eigenvalue weighted by Crippen LogP contribution is -2.23. The molecule has 0 aliphatic heterocycles.